The van der Waals surface area contributed by atoms with Gasteiger partial charge in [-0.25, -0.2) is 8.78 Å². The molecule has 0 aliphatic heterocycles. The monoisotopic (exact) mass is 237 g/mol. The zero-order valence-electron chi connectivity index (χ0n) is 7.03. The van der Waals surface area contributed by atoms with Gasteiger partial charge in [-0.15, -0.1) is 0 Å². The number of halogens is 4. The van der Waals surface area contributed by atoms with Crippen LogP contribution < -0.4 is 5.73 Å². The molecule has 1 aromatic carbocycles. The summed E-state index contributed by atoms with van der Waals surface area (Å²) in [6, 6.07) is 4.58. The van der Waals surface area contributed by atoms with Crippen molar-refractivity contribution in [2.45, 2.75) is 17.9 Å². The fourth-order valence-electron chi connectivity index (χ4n) is 1.45. The Hall–Kier alpha value is -0.380. The van der Waals surface area contributed by atoms with Crippen molar-refractivity contribution in [3.05, 3.63) is 33.8 Å². The minimum Gasteiger partial charge on any atom is -0.316 e. The van der Waals surface area contributed by atoms with Gasteiger partial charge in [-0.05, 0) is 11.6 Å². The first-order valence-electron chi connectivity index (χ1n) is 4.00. The standard InChI is InChI=1S/C9H7Cl2F2N/c10-6-3-1-2-5(7(6)11)8(14)4-9(8,12)13/h1-3H,4,14H2. The molecule has 0 aromatic heterocycles. The first kappa shape index (κ1) is 10.1. The van der Waals surface area contributed by atoms with E-state index in [0.717, 1.165) is 0 Å². The van der Waals surface area contributed by atoms with Crippen LogP contribution in [0.2, 0.25) is 10.0 Å². The van der Waals surface area contributed by atoms with Crippen LogP contribution in [0.3, 0.4) is 0 Å². The Morgan fingerprint density at radius 3 is 2.36 bits per heavy atom. The summed E-state index contributed by atoms with van der Waals surface area (Å²) in [5.74, 6) is -2.87. The van der Waals surface area contributed by atoms with Gasteiger partial charge in [-0.1, -0.05) is 35.3 Å². The first-order chi connectivity index (χ1) is 6.38. The third-order valence-electron chi connectivity index (χ3n) is 2.46. The third-order valence-corrected chi connectivity index (χ3v) is 3.28. The van der Waals surface area contributed by atoms with E-state index in [4.69, 9.17) is 28.9 Å². The van der Waals surface area contributed by atoms with Crippen LogP contribution in [0, 0.1) is 0 Å². The lowest BCUT2D eigenvalue weighted by Gasteiger charge is -2.13. The normalized spacial score (nSPS) is 28.9. The second-order valence-corrected chi connectivity index (χ2v) is 4.24. The Morgan fingerprint density at radius 2 is 1.86 bits per heavy atom. The van der Waals surface area contributed by atoms with Gasteiger partial charge in [0.2, 0.25) is 0 Å². The summed E-state index contributed by atoms with van der Waals surface area (Å²) in [5, 5.41) is 0.366. The first-order valence-corrected chi connectivity index (χ1v) is 4.75. The van der Waals surface area contributed by atoms with Crippen LogP contribution in [0.15, 0.2) is 18.2 Å². The highest BCUT2D eigenvalue weighted by atomic mass is 35.5. The smallest absolute Gasteiger partial charge is 0.272 e. The van der Waals surface area contributed by atoms with Gasteiger partial charge in [-0.3, -0.25) is 0 Å². The zero-order valence-corrected chi connectivity index (χ0v) is 8.54. The van der Waals surface area contributed by atoms with Gasteiger partial charge >= 0.3 is 0 Å². The molecule has 1 saturated carbocycles. The zero-order chi connectivity index (χ0) is 10.6. The molecule has 2 rings (SSSR count). The Kier molecular flexibility index (Phi) is 2.04. The molecule has 1 fully saturated rings. The predicted octanol–water partition coefficient (Wildman–Crippen LogP) is 3.19. The van der Waals surface area contributed by atoms with E-state index in [1.54, 1.807) is 6.07 Å². The molecular weight excluding hydrogens is 231 g/mol. The summed E-state index contributed by atoms with van der Waals surface area (Å²) in [7, 11) is 0. The largest absolute Gasteiger partial charge is 0.316 e. The van der Waals surface area contributed by atoms with Crippen LogP contribution in [0.4, 0.5) is 8.78 Å². The summed E-state index contributed by atoms with van der Waals surface area (Å²) in [4.78, 5) is 0. The molecule has 0 saturated heterocycles. The highest BCUT2D eigenvalue weighted by Gasteiger charge is 2.70. The van der Waals surface area contributed by atoms with Crippen molar-refractivity contribution in [1.82, 2.24) is 0 Å². The molecule has 0 bridgehead atoms. The minimum atomic E-state index is -2.87. The lowest BCUT2D eigenvalue weighted by Crippen LogP contribution is -2.27. The lowest BCUT2D eigenvalue weighted by atomic mass is 10.1. The minimum absolute atomic E-state index is 0.119. The molecule has 0 spiro atoms. The Morgan fingerprint density at radius 1 is 1.29 bits per heavy atom. The molecule has 14 heavy (non-hydrogen) atoms. The molecular formula is C9H7Cl2F2N. The van der Waals surface area contributed by atoms with Gasteiger partial charge in [-0.2, -0.15) is 0 Å². The van der Waals surface area contributed by atoms with E-state index in [-0.39, 0.29) is 22.0 Å². The van der Waals surface area contributed by atoms with Gasteiger partial charge in [0.1, 0.15) is 5.54 Å². The number of nitrogens with two attached hydrogens (primary N) is 1. The van der Waals surface area contributed by atoms with Gasteiger partial charge in [0.05, 0.1) is 10.0 Å². The van der Waals surface area contributed by atoms with Crippen LogP contribution in [0.5, 0.6) is 0 Å². The molecule has 1 nitrogen and oxygen atoms in total. The van der Waals surface area contributed by atoms with Crippen molar-refractivity contribution in [2.75, 3.05) is 0 Å². The highest BCUT2D eigenvalue weighted by molar-refractivity contribution is 6.42. The van der Waals surface area contributed by atoms with E-state index in [1.807, 2.05) is 0 Å². The molecule has 1 atom stereocenters. The fourth-order valence-corrected chi connectivity index (χ4v) is 1.92. The van der Waals surface area contributed by atoms with Crippen LogP contribution in [-0.4, -0.2) is 5.92 Å². The van der Waals surface area contributed by atoms with E-state index < -0.39 is 11.5 Å². The molecule has 1 aliphatic carbocycles. The van der Waals surface area contributed by atoms with Gasteiger partial charge in [0.15, 0.2) is 0 Å². The van der Waals surface area contributed by atoms with Gasteiger partial charge in [0.25, 0.3) is 5.92 Å². The molecule has 1 aromatic rings. The molecule has 0 amide bonds. The van der Waals surface area contributed by atoms with E-state index in [2.05, 4.69) is 0 Å². The summed E-state index contributed by atoms with van der Waals surface area (Å²) >= 11 is 11.5. The number of hydrogen-bond donors (Lipinski definition) is 1. The van der Waals surface area contributed by atoms with Crippen molar-refractivity contribution >= 4 is 23.2 Å². The maximum absolute atomic E-state index is 13.0. The SMILES string of the molecule is NC1(c2cccc(Cl)c2Cl)CC1(F)F. The van der Waals surface area contributed by atoms with E-state index >= 15 is 0 Å². The number of hydrogen-bond acceptors (Lipinski definition) is 1. The van der Waals surface area contributed by atoms with Crippen LogP contribution in [-0.2, 0) is 5.54 Å². The van der Waals surface area contributed by atoms with Crippen molar-refractivity contribution in [2.24, 2.45) is 5.73 Å². The average Bonchev–Trinajstić information content (AvgIpc) is 2.58. The Bertz CT molecular complexity index is 394. The molecule has 1 aliphatic rings. The van der Waals surface area contributed by atoms with Crippen LogP contribution in [0.1, 0.15) is 12.0 Å². The second kappa shape index (κ2) is 2.81. The van der Waals surface area contributed by atoms with Crippen molar-refractivity contribution < 1.29 is 8.78 Å². The quantitative estimate of drug-likeness (QED) is 0.798. The van der Waals surface area contributed by atoms with E-state index in [9.17, 15) is 8.78 Å². The summed E-state index contributed by atoms with van der Waals surface area (Å²) in [6.07, 6.45) is -0.375. The third kappa shape index (κ3) is 1.23. The van der Waals surface area contributed by atoms with Gasteiger partial charge in [0, 0.05) is 6.42 Å². The highest BCUT2D eigenvalue weighted by Crippen LogP contribution is 2.59. The topological polar surface area (TPSA) is 26.0 Å². The van der Waals surface area contributed by atoms with Crippen molar-refractivity contribution in [3.63, 3.8) is 0 Å². The predicted molar refractivity (Wildman–Crippen MR) is 51.9 cm³/mol. The van der Waals surface area contributed by atoms with Crippen LogP contribution in [0.25, 0.3) is 0 Å². The maximum Gasteiger partial charge on any atom is 0.272 e. The van der Waals surface area contributed by atoms with Gasteiger partial charge < -0.3 is 5.73 Å². The van der Waals surface area contributed by atoms with E-state index in [1.165, 1.54) is 12.1 Å². The average molecular weight is 238 g/mol. The molecule has 76 valence electrons. The van der Waals surface area contributed by atoms with Crippen molar-refractivity contribution in [3.8, 4) is 0 Å². The fraction of sp³-hybridized carbons (Fsp3) is 0.333. The summed E-state index contributed by atoms with van der Waals surface area (Å²) in [6.45, 7) is 0. The maximum atomic E-state index is 13.0. The van der Waals surface area contributed by atoms with E-state index in [0.29, 0.717) is 0 Å². The molecule has 5 heteroatoms. The lowest BCUT2D eigenvalue weighted by molar-refractivity contribution is 0.0891. The number of alkyl halides is 2. The molecule has 2 N–H and O–H groups in total. The van der Waals surface area contributed by atoms with Crippen molar-refractivity contribution in [1.29, 1.82) is 0 Å². The summed E-state index contributed by atoms with van der Waals surface area (Å²) < 4.78 is 25.9. The number of rotatable bonds is 1. The molecule has 1 unspecified atom stereocenters. The molecule has 0 radical (unpaired) electrons. The van der Waals surface area contributed by atoms with Crippen LogP contribution >= 0.6 is 23.2 Å². The second-order valence-electron chi connectivity index (χ2n) is 3.45. The summed E-state index contributed by atoms with van der Waals surface area (Å²) in [5.41, 5.74) is 4.11. The Labute approximate surface area is 89.8 Å². The molecule has 0 heterocycles. The Balaban J connectivity index is 2.49. The number of benzene rings is 1.